The SMILES string of the molecule is COCCOc1cc2ncnc(Nc3cccc(C(C)C)c3)c2cc1OCCOC. The maximum Gasteiger partial charge on any atom is 0.163 e. The van der Waals surface area contributed by atoms with Crippen LogP contribution in [-0.2, 0) is 9.47 Å². The summed E-state index contributed by atoms with van der Waals surface area (Å²) in [7, 11) is 3.28. The van der Waals surface area contributed by atoms with Crippen LogP contribution in [0.3, 0.4) is 0 Å². The maximum atomic E-state index is 5.90. The Labute approximate surface area is 177 Å². The van der Waals surface area contributed by atoms with Crippen molar-refractivity contribution < 1.29 is 18.9 Å². The minimum absolute atomic E-state index is 0.412. The van der Waals surface area contributed by atoms with Crippen molar-refractivity contribution in [3.8, 4) is 11.5 Å². The summed E-state index contributed by atoms with van der Waals surface area (Å²) < 4.78 is 21.9. The van der Waals surface area contributed by atoms with E-state index in [2.05, 4.69) is 41.3 Å². The number of hydrogen-bond acceptors (Lipinski definition) is 7. The van der Waals surface area contributed by atoms with E-state index in [9.17, 15) is 0 Å². The molecule has 0 aliphatic heterocycles. The van der Waals surface area contributed by atoms with Crippen LogP contribution >= 0.6 is 0 Å². The predicted octanol–water partition coefficient (Wildman–Crippen LogP) is 4.55. The van der Waals surface area contributed by atoms with Crippen LogP contribution in [0.1, 0.15) is 25.3 Å². The summed E-state index contributed by atoms with van der Waals surface area (Å²) in [6, 6.07) is 12.1. The van der Waals surface area contributed by atoms with Gasteiger partial charge in [0.2, 0.25) is 0 Å². The van der Waals surface area contributed by atoms with Crippen molar-refractivity contribution in [3.05, 3.63) is 48.3 Å². The van der Waals surface area contributed by atoms with E-state index in [0.717, 1.165) is 16.6 Å². The molecule has 0 aliphatic carbocycles. The fraction of sp³-hybridized carbons (Fsp3) is 0.391. The van der Waals surface area contributed by atoms with E-state index in [4.69, 9.17) is 18.9 Å². The number of benzene rings is 2. The van der Waals surface area contributed by atoms with Gasteiger partial charge in [0.15, 0.2) is 11.5 Å². The minimum Gasteiger partial charge on any atom is -0.487 e. The van der Waals surface area contributed by atoms with Crippen LogP contribution < -0.4 is 14.8 Å². The van der Waals surface area contributed by atoms with Crippen LogP contribution in [0.5, 0.6) is 11.5 Å². The number of ether oxygens (including phenoxy) is 4. The molecule has 30 heavy (non-hydrogen) atoms. The highest BCUT2D eigenvalue weighted by Crippen LogP contribution is 2.35. The number of fused-ring (bicyclic) bond motifs is 1. The molecular formula is C23H29N3O4. The molecule has 0 unspecified atom stereocenters. The number of nitrogens with zero attached hydrogens (tertiary/aromatic N) is 2. The van der Waals surface area contributed by atoms with Gasteiger partial charge in [-0.15, -0.1) is 0 Å². The van der Waals surface area contributed by atoms with E-state index in [1.54, 1.807) is 20.5 Å². The van der Waals surface area contributed by atoms with Gasteiger partial charge in [-0.1, -0.05) is 26.0 Å². The molecule has 0 fully saturated rings. The standard InChI is InChI=1S/C23H29N3O4/c1-16(2)17-6-5-7-18(12-17)26-23-19-13-21(29-10-8-27-3)22(30-11-9-28-4)14-20(19)24-15-25-23/h5-7,12-16H,8-11H2,1-4H3,(H,24,25,26). The van der Waals surface area contributed by atoms with Crippen LogP contribution in [0, 0.1) is 0 Å². The predicted molar refractivity (Wildman–Crippen MR) is 118 cm³/mol. The first-order valence-electron chi connectivity index (χ1n) is 10.0. The average Bonchev–Trinajstić information content (AvgIpc) is 2.75. The van der Waals surface area contributed by atoms with Gasteiger partial charge in [0.1, 0.15) is 25.4 Å². The average molecular weight is 412 g/mol. The monoisotopic (exact) mass is 411 g/mol. The van der Waals surface area contributed by atoms with E-state index >= 15 is 0 Å². The maximum absolute atomic E-state index is 5.90. The van der Waals surface area contributed by atoms with E-state index in [0.29, 0.717) is 49.7 Å². The minimum atomic E-state index is 0.412. The molecule has 0 saturated carbocycles. The van der Waals surface area contributed by atoms with Crippen LogP contribution in [0.2, 0.25) is 0 Å². The zero-order valence-electron chi connectivity index (χ0n) is 18.0. The van der Waals surface area contributed by atoms with Crippen molar-refractivity contribution in [2.24, 2.45) is 0 Å². The molecule has 0 amide bonds. The molecule has 3 aromatic rings. The van der Waals surface area contributed by atoms with Crippen molar-refractivity contribution in [3.63, 3.8) is 0 Å². The number of hydrogen-bond donors (Lipinski definition) is 1. The van der Waals surface area contributed by atoms with Gasteiger partial charge in [-0.25, -0.2) is 9.97 Å². The lowest BCUT2D eigenvalue weighted by Gasteiger charge is -2.15. The van der Waals surface area contributed by atoms with E-state index in [1.165, 1.54) is 5.56 Å². The first kappa shape index (κ1) is 21.8. The van der Waals surface area contributed by atoms with Crippen molar-refractivity contribution in [2.75, 3.05) is 46.0 Å². The lowest BCUT2D eigenvalue weighted by molar-refractivity contribution is 0.132. The second-order valence-electron chi connectivity index (χ2n) is 7.13. The third-order valence-electron chi connectivity index (χ3n) is 4.61. The van der Waals surface area contributed by atoms with Crippen LogP contribution in [0.25, 0.3) is 10.9 Å². The number of methoxy groups -OCH3 is 2. The van der Waals surface area contributed by atoms with Gasteiger partial charge in [0.25, 0.3) is 0 Å². The van der Waals surface area contributed by atoms with Crippen LogP contribution in [-0.4, -0.2) is 50.6 Å². The van der Waals surface area contributed by atoms with Gasteiger partial charge in [-0.2, -0.15) is 0 Å². The summed E-state index contributed by atoms with van der Waals surface area (Å²) in [6.07, 6.45) is 1.54. The van der Waals surface area contributed by atoms with Crippen LogP contribution in [0.4, 0.5) is 11.5 Å². The highest BCUT2D eigenvalue weighted by atomic mass is 16.5. The van der Waals surface area contributed by atoms with E-state index in [1.807, 2.05) is 24.3 Å². The fourth-order valence-electron chi connectivity index (χ4n) is 2.97. The highest BCUT2D eigenvalue weighted by Gasteiger charge is 2.13. The van der Waals surface area contributed by atoms with Gasteiger partial charge in [-0.05, 0) is 29.7 Å². The molecule has 2 aromatic carbocycles. The lowest BCUT2D eigenvalue weighted by Crippen LogP contribution is -2.09. The van der Waals surface area contributed by atoms with Crippen molar-refractivity contribution in [1.82, 2.24) is 9.97 Å². The van der Waals surface area contributed by atoms with E-state index in [-0.39, 0.29) is 0 Å². The molecule has 0 atom stereocenters. The third kappa shape index (κ3) is 5.58. The van der Waals surface area contributed by atoms with E-state index < -0.39 is 0 Å². The zero-order chi connectivity index (χ0) is 21.3. The quantitative estimate of drug-likeness (QED) is 0.464. The summed E-state index contributed by atoms with van der Waals surface area (Å²) in [6.45, 7) is 6.14. The van der Waals surface area contributed by atoms with Gasteiger partial charge < -0.3 is 24.3 Å². The van der Waals surface area contributed by atoms with Crippen molar-refractivity contribution in [2.45, 2.75) is 19.8 Å². The summed E-state index contributed by atoms with van der Waals surface area (Å²) in [5.74, 6) is 2.38. The third-order valence-corrected chi connectivity index (χ3v) is 4.61. The Kier molecular flexibility index (Phi) is 7.82. The second kappa shape index (κ2) is 10.8. The Bertz CT molecular complexity index is 962. The normalized spacial score (nSPS) is 11.1. The summed E-state index contributed by atoms with van der Waals surface area (Å²) in [4.78, 5) is 8.87. The molecule has 1 aromatic heterocycles. The topological polar surface area (TPSA) is 74.7 Å². The molecule has 0 spiro atoms. The number of aromatic nitrogens is 2. The Balaban J connectivity index is 1.95. The largest absolute Gasteiger partial charge is 0.487 e. The van der Waals surface area contributed by atoms with Crippen molar-refractivity contribution in [1.29, 1.82) is 0 Å². The fourth-order valence-corrected chi connectivity index (χ4v) is 2.97. The van der Waals surface area contributed by atoms with Gasteiger partial charge in [-0.3, -0.25) is 0 Å². The van der Waals surface area contributed by atoms with Gasteiger partial charge in [0, 0.05) is 31.4 Å². The van der Waals surface area contributed by atoms with Crippen LogP contribution in [0.15, 0.2) is 42.7 Å². The zero-order valence-corrected chi connectivity index (χ0v) is 18.0. The smallest absolute Gasteiger partial charge is 0.163 e. The Morgan fingerprint density at radius 2 is 1.57 bits per heavy atom. The molecule has 160 valence electrons. The Hall–Kier alpha value is -2.90. The lowest BCUT2D eigenvalue weighted by atomic mass is 10.0. The molecule has 7 heteroatoms. The summed E-state index contributed by atoms with van der Waals surface area (Å²) >= 11 is 0. The first-order chi connectivity index (χ1) is 14.6. The molecule has 0 bridgehead atoms. The number of nitrogens with one attached hydrogen (secondary N) is 1. The number of anilines is 2. The molecule has 1 heterocycles. The molecule has 7 nitrogen and oxygen atoms in total. The number of rotatable bonds is 11. The van der Waals surface area contributed by atoms with Gasteiger partial charge >= 0.3 is 0 Å². The molecule has 3 rings (SSSR count). The summed E-state index contributed by atoms with van der Waals surface area (Å²) in [5.41, 5.74) is 3.00. The Morgan fingerprint density at radius 3 is 2.23 bits per heavy atom. The molecule has 1 N–H and O–H groups in total. The molecule has 0 aliphatic rings. The van der Waals surface area contributed by atoms with Crippen molar-refractivity contribution >= 4 is 22.4 Å². The molecule has 0 radical (unpaired) electrons. The van der Waals surface area contributed by atoms with Gasteiger partial charge in [0.05, 0.1) is 18.7 Å². The second-order valence-corrected chi connectivity index (χ2v) is 7.13. The molecule has 0 saturated heterocycles. The highest BCUT2D eigenvalue weighted by molar-refractivity contribution is 5.93. The Morgan fingerprint density at radius 1 is 0.867 bits per heavy atom. The molecular weight excluding hydrogens is 382 g/mol. The summed E-state index contributed by atoms with van der Waals surface area (Å²) in [5, 5.41) is 4.26. The first-order valence-corrected chi connectivity index (χ1v) is 10.0.